The van der Waals surface area contributed by atoms with E-state index in [1.807, 2.05) is 115 Å². The van der Waals surface area contributed by atoms with Crippen molar-refractivity contribution in [1.29, 1.82) is 0 Å². The Labute approximate surface area is 280 Å². The molecule has 5 rings (SSSR count). The average Bonchev–Trinajstić information content (AvgIpc) is 3.52. The lowest BCUT2D eigenvalue weighted by Crippen LogP contribution is -2.48. The van der Waals surface area contributed by atoms with Gasteiger partial charge in [-0.1, -0.05) is 90.1 Å². The fourth-order valence-electron chi connectivity index (χ4n) is 5.65. The lowest BCUT2D eigenvalue weighted by atomic mass is 9.82. The van der Waals surface area contributed by atoms with E-state index in [9.17, 15) is 4.79 Å². The van der Waals surface area contributed by atoms with Gasteiger partial charge < -0.3 is 24.6 Å². The van der Waals surface area contributed by atoms with Crippen LogP contribution in [0.3, 0.4) is 0 Å². The molecule has 1 heterocycles. The summed E-state index contributed by atoms with van der Waals surface area (Å²) in [4.78, 5) is 22.6. The maximum atomic E-state index is 14.6. The summed E-state index contributed by atoms with van der Waals surface area (Å²) in [7, 11) is 1.63. The molecule has 0 radical (unpaired) electrons. The van der Waals surface area contributed by atoms with Crippen molar-refractivity contribution in [2.75, 3.05) is 26.9 Å². The van der Waals surface area contributed by atoms with Crippen LogP contribution in [-0.2, 0) is 22.5 Å². The van der Waals surface area contributed by atoms with Crippen molar-refractivity contribution in [2.24, 2.45) is 10.1 Å². The maximum absolute atomic E-state index is 14.6. The van der Waals surface area contributed by atoms with Gasteiger partial charge in [-0.25, -0.2) is 4.99 Å². The van der Waals surface area contributed by atoms with E-state index in [1.54, 1.807) is 7.11 Å². The number of rotatable bonds is 16. The van der Waals surface area contributed by atoms with Gasteiger partial charge in [0, 0.05) is 36.5 Å². The van der Waals surface area contributed by atoms with Crippen molar-refractivity contribution in [2.45, 2.75) is 37.5 Å². The standard InChI is InChI=1S/C38H39N5O5/c1-46-34-17-8-6-14-29(34)22-24-40-37(45)38(23-9-13-28-11-3-2-4-12-28)35(33-16-7-5-15-31(33)27-41-43-39)48-36(42-38)30-18-20-32(21-19-30)47-26-10-25-44/h2-9,11-21,35,44H,10,22-27H2,1H3,(H,40,45)/b13-9+/t35-,38-/m1/s1. The van der Waals surface area contributed by atoms with Crippen LogP contribution in [0.25, 0.3) is 16.5 Å². The van der Waals surface area contributed by atoms with Crippen molar-refractivity contribution in [3.63, 3.8) is 0 Å². The van der Waals surface area contributed by atoms with Gasteiger partial charge in [0.2, 0.25) is 5.90 Å². The quantitative estimate of drug-likeness (QED) is 0.0586. The number of nitrogens with zero attached hydrogens (tertiary/aromatic N) is 4. The van der Waals surface area contributed by atoms with Gasteiger partial charge >= 0.3 is 0 Å². The molecule has 0 aromatic heterocycles. The largest absolute Gasteiger partial charge is 0.496 e. The van der Waals surface area contributed by atoms with Crippen LogP contribution in [0.4, 0.5) is 0 Å². The zero-order valence-electron chi connectivity index (χ0n) is 26.9. The van der Waals surface area contributed by atoms with Gasteiger partial charge in [-0.2, -0.15) is 0 Å². The van der Waals surface area contributed by atoms with Gasteiger partial charge in [0.1, 0.15) is 11.5 Å². The molecule has 4 aromatic carbocycles. The molecule has 4 aromatic rings. The maximum Gasteiger partial charge on any atom is 0.252 e. The van der Waals surface area contributed by atoms with Gasteiger partial charge in [0.25, 0.3) is 5.91 Å². The second-order valence-corrected chi connectivity index (χ2v) is 11.2. The van der Waals surface area contributed by atoms with Crippen LogP contribution in [0.2, 0.25) is 0 Å². The summed E-state index contributed by atoms with van der Waals surface area (Å²) >= 11 is 0. The molecule has 10 nitrogen and oxygen atoms in total. The van der Waals surface area contributed by atoms with Crippen LogP contribution in [0, 0.1) is 0 Å². The molecule has 0 aliphatic carbocycles. The number of hydrogen-bond acceptors (Lipinski definition) is 7. The average molecular weight is 646 g/mol. The number of hydrogen-bond donors (Lipinski definition) is 2. The highest BCUT2D eigenvalue weighted by molar-refractivity contribution is 6.01. The molecule has 0 saturated heterocycles. The second kappa shape index (κ2) is 16.8. The molecule has 2 N–H and O–H groups in total. The zero-order valence-corrected chi connectivity index (χ0v) is 26.9. The van der Waals surface area contributed by atoms with E-state index in [4.69, 9.17) is 29.8 Å². The van der Waals surface area contributed by atoms with Crippen molar-refractivity contribution >= 4 is 17.9 Å². The number of nitrogens with one attached hydrogen (secondary N) is 1. The normalized spacial score (nSPS) is 16.9. The van der Waals surface area contributed by atoms with Crippen molar-refractivity contribution < 1.29 is 24.1 Å². The fraction of sp³-hybridized carbons (Fsp3) is 0.263. The number of amides is 1. The predicted molar refractivity (Wildman–Crippen MR) is 186 cm³/mol. The van der Waals surface area contributed by atoms with Crippen molar-refractivity contribution in [1.82, 2.24) is 5.32 Å². The van der Waals surface area contributed by atoms with E-state index in [2.05, 4.69) is 15.3 Å². The number of aliphatic hydroxyl groups is 1. The first-order chi connectivity index (χ1) is 23.6. The number of carbonyl (C=O) groups excluding carboxylic acids is 1. The third-order valence-corrected chi connectivity index (χ3v) is 8.08. The molecule has 48 heavy (non-hydrogen) atoms. The van der Waals surface area contributed by atoms with Crippen LogP contribution in [-0.4, -0.2) is 49.3 Å². The first kappa shape index (κ1) is 33.8. The minimum atomic E-state index is -1.40. The van der Waals surface area contributed by atoms with Gasteiger partial charge in [-0.3, -0.25) is 4.79 Å². The topological polar surface area (TPSA) is 138 Å². The summed E-state index contributed by atoms with van der Waals surface area (Å²) in [6.45, 7) is 0.879. The Morgan fingerprint density at radius 2 is 1.75 bits per heavy atom. The Balaban J connectivity index is 1.54. The molecule has 10 heteroatoms. The van der Waals surface area contributed by atoms with Gasteiger partial charge in [0.15, 0.2) is 11.6 Å². The lowest BCUT2D eigenvalue weighted by molar-refractivity contribution is -0.128. The first-order valence-electron chi connectivity index (χ1n) is 15.9. The van der Waals surface area contributed by atoms with E-state index in [-0.39, 0.29) is 25.5 Å². The van der Waals surface area contributed by atoms with Gasteiger partial charge in [-0.15, -0.1) is 0 Å². The minimum Gasteiger partial charge on any atom is -0.496 e. The number of methoxy groups -OCH3 is 1. The molecule has 1 amide bonds. The third-order valence-electron chi connectivity index (χ3n) is 8.08. The molecule has 0 unspecified atom stereocenters. The third kappa shape index (κ3) is 8.22. The summed E-state index contributed by atoms with van der Waals surface area (Å²) < 4.78 is 17.9. The summed E-state index contributed by atoms with van der Waals surface area (Å²) in [5.41, 5.74) is 11.8. The highest BCUT2D eigenvalue weighted by Gasteiger charge is 2.53. The van der Waals surface area contributed by atoms with E-state index in [1.165, 1.54) is 0 Å². The van der Waals surface area contributed by atoms with E-state index < -0.39 is 11.6 Å². The van der Waals surface area contributed by atoms with E-state index in [0.29, 0.717) is 48.8 Å². The molecule has 1 aliphatic rings. The van der Waals surface area contributed by atoms with Crippen LogP contribution >= 0.6 is 0 Å². The molecule has 2 atom stereocenters. The highest BCUT2D eigenvalue weighted by Crippen LogP contribution is 2.44. The minimum absolute atomic E-state index is 0.0486. The number of aliphatic imine (C=N–C) groups is 1. The van der Waals surface area contributed by atoms with Crippen LogP contribution < -0.4 is 14.8 Å². The molecule has 0 spiro atoms. The first-order valence-corrected chi connectivity index (χ1v) is 15.9. The SMILES string of the molecule is COc1ccccc1CCNC(=O)[C@]1(C/C=C/c2ccccc2)N=C(c2ccc(OCCCO)cc2)O[C@@H]1c1ccccc1CN=[N+]=[N-]. The molecule has 0 fully saturated rings. The Morgan fingerprint density at radius 3 is 2.50 bits per heavy atom. The molecular formula is C38H39N5O5. The summed E-state index contributed by atoms with van der Waals surface area (Å²) in [6.07, 6.45) is 4.41. The number of ether oxygens (including phenoxy) is 3. The number of aliphatic hydroxyl groups excluding tert-OH is 1. The second-order valence-electron chi connectivity index (χ2n) is 11.2. The Morgan fingerprint density at radius 1 is 1.02 bits per heavy atom. The fourth-order valence-corrected chi connectivity index (χ4v) is 5.65. The lowest BCUT2D eigenvalue weighted by Gasteiger charge is -2.31. The predicted octanol–water partition coefficient (Wildman–Crippen LogP) is 6.99. The van der Waals surface area contributed by atoms with Crippen LogP contribution in [0.1, 0.15) is 46.8 Å². The van der Waals surface area contributed by atoms with E-state index >= 15 is 0 Å². The molecule has 246 valence electrons. The van der Waals surface area contributed by atoms with Crippen LogP contribution in [0.5, 0.6) is 11.5 Å². The number of carbonyl (C=O) groups is 1. The highest BCUT2D eigenvalue weighted by atomic mass is 16.5. The summed E-state index contributed by atoms with van der Waals surface area (Å²) in [6, 6.07) is 32.4. The Kier molecular flexibility index (Phi) is 11.8. The van der Waals surface area contributed by atoms with Crippen LogP contribution in [0.15, 0.2) is 119 Å². The summed E-state index contributed by atoms with van der Waals surface area (Å²) in [5.74, 6) is 1.42. The Hall–Kier alpha value is -5.57. The molecule has 1 aliphatic heterocycles. The zero-order chi connectivity index (χ0) is 33.6. The van der Waals surface area contributed by atoms with Gasteiger partial charge in [-0.05, 0) is 64.5 Å². The number of azide groups is 1. The monoisotopic (exact) mass is 645 g/mol. The smallest absolute Gasteiger partial charge is 0.252 e. The van der Waals surface area contributed by atoms with Crippen molar-refractivity contribution in [3.8, 4) is 11.5 Å². The molecule has 0 bridgehead atoms. The van der Waals surface area contributed by atoms with E-state index in [0.717, 1.165) is 22.4 Å². The molecular weight excluding hydrogens is 606 g/mol. The van der Waals surface area contributed by atoms with Crippen molar-refractivity contribution in [3.05, 3.63) is 147 Å². The number of benzene rings is 4. The molecule has 0 saturated carbocycles. The Bertz CT molecular complexity index is 1770. The van der Waals surface area contributed by atoms with Gasteiger partial charge in [0.05, 0.1) is 20.3 Å². The number of para-hydroxylation sites is 1. The summed E-state index contributed by atoms with van der Waals surface area (Å²) in [5, 5.41) is 16.1.